The first-order valence-corrected chi connectivity index (χ1v) is 8.25. The monoisotopic (exact) mass is 293 g/mol. The van der Waals surface area contributed by atoms with Gasteiger partial charge in [-0.1, -0.05) is 6.42 Å². The van der Waals surface area contributed by atoms with Gasteiger partial charge in [-0.05, 0) is 50.1 Å². The minimum Gasteiger partial charge on any atom is -0.313 e. The van der Waals surface area contributed by atoms with Gasteiger partial charge in [-0.25, -0.2) is 13.1 Å². The third-order valence-corrected chi connectivity index (χ3v) is 5.11. The van der Waals surface area contributed by atoms with Gasteiger partial charge in [0.2, 0.25) is 10.0 Å². The molecule has 1 atom stereocenters. The Morgan fingerprint density at radius 3 is 2.85 bits per heavy atom. The van der Waals surface area contributed by atoms with E-state index < -0.39 is 10.0 Å². The predicted molar refractivity (Wildman–Crippen MR) is 76.7 cm³/mol. The zero-order chi connectivity index (χ0) is 14.6. The van der Waals surface area contributed by atoms with Gasteiger partial charge in [0.05, 0.1) is 16.5 Å². The van der Waals surface area contributed by atoms with Crippen LogP contribution in [0.15, 0.2) is 23.1 Å². The smallest absolute Gasteiger partial charge is 0.240 e. The molecule has 1 saturated heterocycles. The van der Waals surface area contributed by atoms with Crippen LogP contribution < -0.4 is 10.0 Å². The summed E-state index contributed by atoms with van der Waals surface area (Å²) in [5, 5.41) is 12.1. The van der Waals surface area contributed by atoms with Crippen LogP contribution in [0.3, 0.4) is 0 Å². The Morgan fingerprint density at radius 2 is 2.25 bits per heavy atom. The number of rotatable bonds is 4. The zero-order valence-corrected chi connectivity index (χ0v) is 12.3. The minimum absolute atomic E-state index is 0.206. The van der Waals surface area contributed by atoms with Crippen LogP contribution in [0, 0.1) is 18.3 Å². The Kier molecular flexibility index (Phi) is 4.76. The van der Waals surface area contributed by atoms with Crippen LogP contribution in [-0.2, 0) is 10.0 Å². The van der Waals surface area contributed by atoms with Gasteiger partial charge >= 0.3 is 0 Å². The third kappa shape index (κ3) is 3.57. The van der Waals surface area contributed by atoms with Crippen molar-refractivity contribution in [3.63, 3.8) is 0 Å². The lowest BCUT2D eigenvalue weighted by atomic mass is 10.1. The topological polar surface area (TPSA) is 82.0 Å². The van der Waals surface area contributed by atoms with Crippen LogP contribution in [-0.4, -0.2) is 27.5 Å². The van der Waals surface area contributed by atoms with Crippen LogP contribution >= 0.6 is 0 Å². The number of piperidine rings is 1. The Morgan fingerprint density at radius 1 is 1.45 bits per heavy atom. The summed E-state index contributed by atoms with van der Waals surface area (Å²) in [6, 6.07) is 6.82. The van der Waals surface area contributed by atoms with Crippen LogP contribution in [0.2, 0.25) is 0 Å². The maximum absolute atomic E-state index is 12.3. The van der Waals surface area contributed by atoms with E-state index in [1.807, 2.05) is 6.07 Å². The van der Waals surface area contributed by atoms with Crippen molar-refractivity contribution in [2.75, 3.05) is 13.1 Å². The summed E-state index contributed by atoms with van der Waals surface area (Å²) in [4.78, 5) is 0.243. The summed E-state index contributed by atoms with van der Waals surface area (Å²) < 4.78 is 27.2. The lowest BCUT2D eigenvalue weighted by molar-refractivity contribution is 0.398. The number of nitriles is 1. The second-order valence-corrected chi connectivity index (χ2v) is 6.83. The maximum atomic E-state index is 12.3. The molecule has 2 N–H and O–H groups in total. The largest absolute Gasteiger partial charge is 0.313 e. The SMILES string of the molecule is Cc1cc(C#N)ccc1S(=O)(=O)NCC1CCCCN1. The summed E-state index contributed by atoms with van der Waals surface area (Å²) >= 11 is 0. The molecule has 6 heteroatoms. The van der Waals surface area contributed by atoms with E-state index >= 15 is 0 Å². The normalized spacial score (nSPS) is 19.5. The molecule has 0 aromatic heterocycles. The van der Waals surface area contributed by atoms with Gasteiger partial charge in [-0.3, -0.25) is 0 Å². The maximum Gasteiger partial charge on any atom is 0.240 e. The van der Waals surface area contributed by atoms with E-state index in [1.54, 1.807) is 13.0 Å². The highest BCUT2D eigenvalue weighted by Crippen LogP contribution is 2.16. The van der Waals surface area contributed by atoms with Crippen LogP contribution in [0.1, 0.15) is 30.4 Å². The van der Waals surface area contributed by atoms with Gasteiger partial charge in [-0.2, -0.15) is 5.26 Å². The van der Waals surface area contributed by atoms with Crippen molar-refractivity contribution in [1.29, 1.82) is 5.26 Å². The molecule has 1 aliphatic rings. The van der Waals surface area contributed by atoms with E-state index in [9.17, 15) is 8.42 Å². The molecule has 0 amide bonds. The molecule has 1 aromatic carbocycles. The molecule has 0 saturated carbocycles. The molecule has 1 heterocycles. The predicted octanol–water partition coefficient (Wildman–Crippen LogP) is 1.29. The van der Waals surface area contributed by atoms with Gasteiger partial charge < -0.3 is 5.32 Å². The second-order valence-electron chi connectivity index (χ2n) is 5.09. The fourth-order valence-electron chi connectivity index (χ4n) is 2.41. The van der Waals surface area contributed by atoms with E-state index in [0.29, 0.717) is 17.7 Å². The molecule has 2 rings (SSSR count). The number of hydrogen-bond donors (Lipinski definition) is 2. The molecule has 108 valence electrons. The number of nitrogens with zero attached hydrogens (tertiary/aromatic N) is 1. The first-order valence-electron chi connectivity index (χ1n) is 6.77. The lowest BCUT2D eigenvalue weighted by Crippen LogP contribution is -2.43. The molecular formula is C14H19N3O2S. The summed E-state index contributed by atoms with van der Waals surface area (Å²) in [6.45, 7) is 3.05. The number of sulfonamides is 1. The van der Waals surface area contributed by atoms with Crippen LogP contribution in [0.25, 0.3) is 0 Å². The highest BCUT2D eigenvalue weighted by Gasteiger charge is 2.20. The molecule has 5 nitrogen and oxygen atoms in total. The highest BCUT2D eigenvalue weighted by molar-refractivity contribution is 7.89. The number of benzene rings is 1. The van der Waals surface area contributed by atoms with Gasteiger partial charge in [-0.15, -0.1) is 0 Å². The summed E-state index contributed by atoms with van der Waals surface area (Å²) in [5.74, 6) is 0. The van der Waals surface area contributed by atoms with Crippen molar-refractivity contribution in [3.05, 3.63) is 29.3 Å². The van der Waals surface area contributed by atoms with Crippen LogP contribution in [0.5, 0.6) is 0 Å². The Hall–Kier alpha value is -1.42. The van der Waals surface area contributed by atoms with E-state index in [4.69, 9.17) is 5.26 Å². The number of nitrogens with one attached hydrogen (secondary N) is 2. The van der Waals surface area contributed by atoms with E-state index in [0.717, 1.165) is 25.8 Å². The van der Waals surface area contributed by atoms with E-state index in [1.165, 1.54) is 12.1 Å². The van der Waals surface area contributed by atoms with Crippen molar-refractivity contribution in [2.24, 2.45) is 0 Å². The van der Waals surface area contributed by atoms with Gasteiger partial charge in [0.15, 0.2) is 0 Å². The van der Waals surface area contributed by atoms with Gasteiger partial charge in [0.25, 0.3) is 0 Å². The minimum atomic E-state index is -3.51. The van der Waals surface area contributed by atoms with Gasteiger partial charge in [0, 0.05) is 12.6 Å². The average molecular weight is 293 g/mol. The molecule has 1 aliphatic heterocycles. The van der Waals surface area contributed by atoms with E-state index in [2.05, 4.69) is 10.0 Å². The summed E-state index contributed by atoms with van der Waals surface area (Å²) in [6.07, 6.45) is 3.28. The van der Waals surface area contributed by atoms with Crippen molar-refractivity contribution >= 4 is 10.0 Å². The fourth-order valence-corrected chi connectivity index (χ4v) is 3.71. The van der Waals surface area contributed by atoms with Crippen molar-refractivity contribution in [1.82, 2.24) is 10.0 Å². The molecule has 0 bridgehead atoms. The molecule has 0 aliphatic carbocycles. The first kappa shape index (κ1) is 15.0. The molecular weight excluding hydrogens is 274 g/mol. The Balaban J connectivity index is 2.08. The third-order valence-electron chi connectivity index (χ3n) is 3.53. The average Bonchev–Trinajstić information content (AvgIpc) is 2.46. The molecule has 1 unspecified atom stereocenters. The molecule has 1 aromatic rings. The number of hydrogen-bond acceptors (Lipinski definition) is 4. The van der Waals surface area contributed by atoms with Crippen LogP contribution in [0.4, 0.5) is 0 Å². The standard InChI is InChI=1S/C14H19N3O2S/c1-11-8-12(9-15)5-6-14(11)20(18,19)17-10-13-4-2-3-7-16-13/h5-6,8,13,16-17H,2-4,7,10H2,1H3. The van der Waals surface area contributed by atoms with Gasteiger partial charge in [0.1, 0.15) is 0 Å². The van der Waals surface area contributed by atoms with Crippen molar-refractivity contribution < 1.29 is 8.42 Å². The fraction of sp³-hybridized carbons (Fsp3) is 0.500. The zero-order valence-electron chi connectivity index (χ0n) is 11.5. The summed E-state index contributed by atoms with van der Waals surface area (Å²) in [5.41, 5.74) is 1.06. The van der Waals surface area contributed by atoms with Crippen molar-refractivity contribution in [3.8, 4) is 6.07 Å². The molecule has 20 heavy (non-hydrogen) atoms. The quantitative estimate of drug-likeness (QED) is 0.876. The second kappa shape index (κ2) is 6.35. The Labute approximate surface area is 120 Å². The molecule has 0 spiro atoms. The summed E-state index contributed by atoms with van der Waals surface area (Å²) in [7, 11) is -3.51. The molecule has 0 radical (unpaired) electrons. The van der Waals surface area contributed by atoms with Crippen molar-refractivity contribution in [2.45, 2.75) is 37.1 Å². The Bertz CT molecular complexity index is 614. The first-order chi connectivity index (χ1) is 9.53. The lowest BCUT2D eigenvalue weighted by Gasteiger charge is -2.23. The van der Waals surface area contributed by atoms with E-state index in [-0.39, 0.29) is 10.9 Å². The highest BCUT2D eigenvalue weighted by atomic mass is 32.2. The molecule has 1 fully saturated rings. The number of aryl methyl sites for hydroxylation is 1.